The summed E-state index contributed by atoms with van der Waals surface area (Å²) >= 11 is 1.32. The number of thioether (sulfide) groups is 1. The SMILES string of the molecule is CC(C)n1cnnc1S[C@@H](C)C(=O)Nc1cccc(F)c1. The maximum Gasteiger partial charge on any atom is 0.237 e. The molecular weight excluding hydrogens is 291 g/mol. The third-order valence-corrected chi connectivity index (χ3v) is 3.91. The van der Waals surface area contributed by atoms with Crippen molar-refractivity contribution in [3.8, 4) is 0 Å². The van der Waals surface area contributed by atoms with Gasteiger partial charge in [0.25, 0.3) is 0 Å². The van der Waals surface area contributed by atoms with Crippen LogP contribution in [0.2, 0.25) is 0 Å². The Hall–Kier alpha value is -1.89. The molecule has 7 heteroatoms. The van der Waals surface area contributed by atoms with Crippen molar-refractivity contribution in [1.82, 2.24) is 14.8 Å². The minimum absolute atomic E-state index is 0.205. The maximum absolute atomic E-state index is 13.1. The first-order valence-electron chi connectivity index (χ1n) is 6.60. The second-order valence-corrected chi connectivity index (χ2v) is 6.18. The lowest BCUT2D eigenvalue weighted by molar-refractivity contribution is -0.115. The lowest BCUT2D eigenvalue weighted by atomic mass is 10.3. The van der Waals surface area contributed by atoms with Crippen LogP contribution < -0.4 is 5.32 Å². The zero-order valence-electron chi connectivity index (χ0n) is 12.1. The summed E-state index contributed by atoms with van der Waals surface area (Å²) in [6.07, 6.45) is 1.64. The number of nitrogens with one attached hydrogen (secondary N) is 1. The van der Waals surface area contributed by atoms with Crippen molar-refractivity contribution < 1.29 is 9.18 Å². The van der Waals surface area contributed by atoms with Gasteiger partial charge in [0.15, 0.2) is 5.16 Å². The van der Waals surface area contributed by atoms with Crippen molar-refractivity contribution >= 4 is 23.4 Å². The van der Waals surface area contributed by atoms with E-state index in [4.69, 9.17) is 0 Å². The van der Waals surface area contributed by atoms with Gasteiger partial charge >= 0.3 is 0 Å². The highest BCUT2D eigenvalue weighted by Gasteiger charge is 2.18. The lowest BCUT2D eigenvalue weighted by Crippen LogP contribution is -2.23. The average molecular weight is 308 g/mol. The first-order chi connectivity index (χ1) is 9.97. The summed E-state index contributed by atoms with van der Waals surface area (Å²) in [6, 6.07) is 6.04. The normalized spacial score (nSPS) is 12.4. The van der Waals surface area contributed by atoms with Gasteiger partial charge in [0.2, 0.25) is 5.91 Å². The molecule has 1 atom stereocenters. The Balaban J connectivity index is 2.01. The number of rotatable bonds is 5. The van der Waals surface area contributed by atoms with E-state index in [1.165, 1.54) is 23.9 Å². The third-order valence-electron chi connectivity index (χ3n) is 2.84. The number of benzene rings is 1. The quantitative estimate of drug-likeness (QED) is 0.862. The number of hydrogen-bond acceptors (Lipinski definition) is 4. The molecule has 0 unspecified atom stereocenters. The van der Waals surface area contributed by atoms with Gasteiger partial charge in [-0.05, 0) is 39.0 Å². The second-order valence-electron chi connectivity index (χ2n) is 4.87. The first-order valence-corrected chi connectivity index (χ1v) is 7.48. The molecule has 0 aliphatic carbocycles. The molecule has 1 heterocycles. The van der Waals surface area contributed by atoms with Gasteiger partial charge in [0.1, 0.15) is 12.1 Å². The molecule has 21 heavy (non-hydrogen) atoms. The van der Waals surface area contributed by atoms with Gasteiger partial charge in [-0.1, -0.05) is 17.8 Å². The fraction of sp³-hybridized carbons (Fsp3) is 0.357. The number of amides is 1. The van der Waals surface area contributed by atoms with Gasteiger partial charge in [0.05, 0.1) is 5.25 Å². The fourth-order valence-corrected chi connectivity index (χ4v) is 2.65. The Morgan fingerprint density at radius 3 is 2.81 bits per heavy atom. The maximum atomic E-state index is 13.1. The molecule has 5 nitrogen and oxygen atoms in total. The monoisotopic (exact) mass is 308 g/mol. The van der Waals surface area contributed by atoms with Crippen LogP contribution in [0.1, 0.15) is 26.8 Å². The molecule has 1 aromatic heterocycles. The molecule has 0 saturated carbocycles. The molecule has 0 aliphatic rings. The van der Waals surface area contributed by atoms with Crippen LogP contribution in [0.4, 0.5) is 10.1 Å². The third kappa shape index (κ3) is 4.04. The second kappa shape index (κ2) is 6.71. The number of anilines is 1. The number of hydrogen-bond donors (Lipinski definition) is 1. The van der Waals surface area contributed by atoms with Gasteiger partial charge in [0, 0.05) is 11.7 Å². The van der Waals surface area contributed by atoms with Gasteiger partial charge in [-0.3, -0.25) is 4.79 Å². The Kier molecular flexibility index (Phi) is 4.95. The summed E-state index contributed by atoms with van der Waals surface area (Å²) in [5, 5.41) is 10.9. The summed E-state index contributed by atoms with van der Waals surface area (Å²) in [5.74, 6) is -0.587. The summed E-state index contributed by atoms with van der Waals surface area (Å²) in [5.41, 5.74) is 0.442. The number of halogens is 1. The van der Waals surface area contributed by atoms with E-state index in [9.17, 15) is 9.18 Å². The van der Waals surface area contributed by atoms with Crippen LogP contribution in [-0.2, 0) is 4.79 Å². The van der Waals surface area contributed by atoms with Crippen molar-refractivity contribution in [3.63, 3.8) is 0 Å². The number of carbonyl (C=O) groups excluding carboxylic acids is 1. The minimum atomic E-state index is -0.382. The smallest absolute Gasteiger partial charge is 0.237 e. The van der Waals surface area contributed by atoms with Gasteiger partial charge in [-0.25, -0.2) is 4.39 Å². The van der Waals surface area contributed by atoms with Crippen LogP contribution in [0.3, 0.4) is 0 Å². The lowest BCUT2D eigenvalue weighted by Gasteiger charge is -2.14. The number of carbonyl (C=O) groups is 1. The summed E-state index contributed by atoms with van der Waals surface area (Å²) in [4.78, 5) is 12.1. The highest BCUT2D eigenvalue weighted by Crippen LogP contribution is 2.24. The zero-order valence-corrected chi connectivity index (χ0v) is 12.9. The number of aromatic nitrogens is 3. The molecular formula is C14H17FN4OS. The van der Waals surface area contributed by atoms with Gasteiger partial charge in [-0.2, -0.15) is 0 Å². The summed E-state index contributed by atoms with van der Waals surface area (Å²) in [6.45, 7) is 5.81. The van der Waals surface area contributed by atoms with Crippen LogP contribution in [-0.4, -0.2) is 25.9 Å². The van der Waals surface area contributed by atoms with Crippen LogP contribution in [0.25, 0.3) is 0 Å². The number of nitrogens with zero attached hydrogens (tertiary/aromatic N) is 3. The molecule has 1 N–H and O–H groups in total. The van der Waals surface area contributed by atoms with E-state index in [-0.39, 0.29) is 23.0 Å². The predicted octanol–water partition coefficient (Wildman–Crippen LogP) is 3.12. The largest absolute Gasteiger partial charge is 0.325 e. The molecule has 0 fully saturated rings. The van der Waals surface area contributed by atoms with Crippen LogP contribution in [0, 0.1) is 5.82 Å². The highest BCUT2D eigenvalue weighted by molar-refractivity contribution is 8.00. The zero-order chi connectivity index (χ0) is 15.4. The molecule has 0 radical (unpaired) electrons. The highest BCUT2D eigenvalue weighted by atomic mass is 32.2. The van der Waals surface area contributed by atoms with Crippen LogP contribution >= 0.6 is 11.8 Å². The van der Waals surface area contributed by atoms with Crippen molar-refractivity contribution in [2.24, 2.45) is 0 Å². The van der Waals surface area contributed by atoms with E-state index < -0.39 is 0 Å². The molecule has 1 amide bonds. The molecule has 112 valence electrons. The van der Waals surface area contributed by atoms with E-state index in [2.05, 4.69) is 15.5 Å². The molecule has 2 aromatic rings. The van der Waals surface area contributed by atoms with Gasteiger partial charge in [-0.15, -0.1) is 10.2 Å². The Labute approximate surface area is 127 Å². The molecule has 0 aliphatic heterocycles. The van der Waals surface area contributed by atoms with Crippen LogP contribution in [0.5, 0.6) is 0 Å². The minimum Gasteiger partial charge on any atom is -0.325 e. The van der Waals surface area contributed by atoms with E-state index in [1.807, 2.05) is 18.4 Å². The molecule has 0 saturated heterocycles. The van der Waals surface area contributed by atoms with E-state index >= 15 is 0 Å². The van der Waals surface area contributed by atoms with E-state index in [0.717, 1.165) is 0 Å². The van der Waals surface area contributed by atoms with E-state index in [0.29, 0.717) is 10.8 Å². The van der Waals surface area contributed by atoms with Crippen molar-refractivity contribution in [1.29, 1.82) is 0 Å². The standard InChI is InChI=1S/C14H17FN4OS/c1-9(2)19-8-16-18-14(19)21-10(3)13(20)17-12-6-4-5-11(15)7-12/h4-10H,1-3H3,(H,17,20)/t10-/m0/s1. The Morgan fingerprint density at radius 1 is 1.38 bits per heavy atom. The average Bonchev–Trinajstić information content (AvgIpc) is 2.87. The van der Waals surface area contributed by atoms with Crippen molar-refractivity contribution in [2.45, 2.75) is 37.2 Å². The topological polar surface area (TPSA) is 59.8 Å². The van der Waals surface area contributed by atoms with Crippen molar-refractivity contribution in [3.05, 3.63) is 36.4 Å². The van der Waals surface area contributed by atoms with Crippen molar-refractivity contribution in [2.75, 3.05) is 5.32 Å². The van der Waals surface area contributed by atoms with E-state index in [1.54, 1.807) is 25.4 Å². The molecule has 0 spiro atoms. The Bertz CT molecular complexity index is 629. The fourth-order valence-electron chi connectivity index (χ4n) is 1.69. The summed E-state index contributed by atoms with van der Waals surface area (Å²) < 4.78 is 15.0. The first kappa shape index (κ1) is 15.5. The summed E-state index contributed by atoms with van der Waals surface area (Å²) in [7, 11) is 0. The molecule has 2 rings (SSSR count). The van der Waals surface area contributed by atoms with Crippen LogP contribution in [0.15, 0.2) is 35.7 Å². The molecule has 1 aromatic carbocycles. The molecule has 0 bridgehead atoms. The predicted molar refractivity (Wildman–Crippen MR) is 80.8 cm³/mol. The van der Waals surface area contributed by atoms with Gasteiger partial charge < -0.3 is 9.88 Å². The Morgan fingerprint density at radius 2 is 2.14 bits per heavy atom.